The van der Waals surface area contributed by atoms with Gasteiger partial charge in [0.05, 0.1) is 0 Å². The predicted octanol–water partition coefficient (Wildman–Crippen LogP) is -0.947. The maximum absolute atomic E-state index is 10.9. The van der Waals surface area contributed by atoms with E-state index >= 15 is 0 Å². The third-order valence-electron chi connectivity index (χ3n) is 1.42. The standard InChI is InChI=1S/C6H12N2O3S/c1-12-3-2-6(7,4-9)5(10)11-8/h4H,2-3,7-8H2,1H3. The molecule has 0 aromatic heterocycles. The number of aldehydes is 1. The minimum absolute atomic E-state index is 0.230. The molecule has 0 aliphatic carbocycles. The average Bonchev–Trinajstić information content (AvgIpc) is 2.12. The van der Waals surface area contributed by atoms with Crippen molar-refractivity contribution in [3.05, 3.63) is 0 Å². The third kappa shape index (κ3) is 2.80. The fourth-order valence-corrected chi connectivity index (χ4v) is 1.13. The van der Waals surface area contributed by atoms with Crippen LogP contribution in [0, 0.1) is 0 Å². The van der Waals surface area contributed by atoms with Crippen LogP contribution in [0.25, 0.3) is 0 Å². The van der Waals surface area contributed by atoms with E-state index in [0.29, 0.717) is 12.0 Å². The minimum atomic E-state index is -1.59. The average molecular weight is 192 g/mol. The van der Waals surface area contributed by atoms with Gasteiger partial charge in [0.2, 0.25) is 0 Å². The van der Waals surface area contributed by atoms with E-state index in [1.807, 2.05) is 6.26 Å². The Morgan fingerprint density at radius 1 is 1.75 bits per heavy atom. The summed E-state index contributed by atoms with van der Waals surface area (Å²) in [5.41, 5.74) is 3.82. The molecule has 0 rings (SSSR count). The van der Waals surface area contributed by atoms with Crippen molar-refractivity contribution >= 4 is 24.0 Å². The van der Waals surface area contributed by atoms with Crippen LogP contribution in [0.1, 0.15) is 6.42 Å². The molecular formula is C6H12N2O3S. The number of carbonyl (C=O) groups excluding carboxylic acids is 2. The molecule has 0 aromatic rings. The third-order valence-corrected chi connectivity index (χ3v) is 2.03. The van der Waals surface area contributed by atoms with E-state index in [0.717, 1.165) is 0 Å². The maximum Gasteiger partial charge on any atom is 0.352 e. The fraction of sp³-hybridized carbons (Fsp3) is 0.667. The Kier molecular flexibility index (Phi) is 4.87. The molecule has 0 aliphatic heterocycles. The lowest BCUT2D eigenvalue weighted by Crippen LogP contribution is -2.51. The molecule has 0 bridgehead atoms. The lowest BCUT2D eigenvalue weighted by atomic mass is 10.0. The van der Waals surface area contributed by atoms with Crippen molar-refractivity contribution in [3.8, 4) is 0 Å². The van der Waals surface area contributed by atoms with Gasteiger partial charge in [-0.15, -0.1) is 0 Å². The summed E-state index contributed by atoms with van der Waals surface area (Å²) in [6, 6.07) is 0. The van der Waals surface area contributed by atoms with E-state index in [9.17, 15) is 9.59 Å². The molecule has 70 valence electrons. The molecule has 0 radical (unpaired) electrons. The van der Waals surface area contributed by atoms with Gasteiger partial charge in [0.1, 0.15) is 0 Å². The van der Waals surface area contributed by atoms with Crippen LogP contribution < -0.4 is 11.6 Å². The van der Waals surface area contributed by atoms with Crippen molar-refractivity contribution in [2.24, 2.45) is 11.6 Å². The zero-order valence-corrected chi connectivity index (χ0v) is 7.60. The first-order valence-corrected chi connectivity index (χ1v) is 4.65. The Morgan fingerprint density at radius 3 is 2.67 bits per heavy atom. The number of nitrogens with two attached hydrogens (primary N) is 2. The van der Waals surface area contributed by atoms with Crippen molar-refractivity contribution in [2.45, 2.75) is 12.0 Å². The summed E-state index contributed by atoms with van der Waals surface area (Å²) in [5, 5.41) is 0. The Labute approximate surface area is 74.8 Å². The van der Waals surface area contributed by atoms with Gasteiger partial charge in [-0.25, -0.2) is 4.79 Å². The largest absolute Gasteiger partial charge is 0.372 e. The quantitative estimate of drug-likeness (QED) is 0.331. The van der Waals surface area contributed by atoms with Crippen LogP contribution in [0.3, 0.4) is 0 Å². The molecule has 6 heteroatoms. The van der Waals surface area contributed by atoms with Crippen molar-refractivity contribution in [1.29, 1.82) is 0 Å². The van der Waals surface area contributed by atoms with Gasteiger partial charge in [0, 0.05) is 0 Å². The summed E-state index contributed by atoms with van der Waals surface area (Å²) in [4.78, 5) is 25.2. The maximum atomic E-state index is 10.9. The predicted molar refractivity (Wildman–Crippen MR) is 46.3 cm³/mol. The zero-order valence-electron chi connectivity index (χ0n) is 6.78. The van der Waals surface area contributed by atoms with Crippen LogP contribution in [0.2, 0.25) is 0 Å². The first kappa shape index (κ1) is 11.4. The first-order chi connectivity index (χ1) is 5.60. The van der Waals surface area contributed by atoms with Crippen molar-refractivity contribution < 1.29 is 14.4 Å². The summed E-state index contributed by atoms with van der Waals surface area (Å²) in [5.74, 6) is 4.32. The summed E-state index contributed by atoms with van der Waals surface area (Å²) in [6.07, 6.45) is 2.44. The molecular weight excluding hydrogens is 180 g/mol. The van der Waals surface area contributed by atoms with Crippen LogP contribution in [-0.4, -0.2) is 29.8 Å². The molecule has 0 spiro atoms. The monoisotopic (exact) mass is 192 g/mol. The molecule has 0 amide bonds. The molecule has 1 unspecified atom stereocenters. The Hall–Kier alpha value is -0.590. The van der Waals surface area contributed by atoms with Gasteiger partial charge < -0.3 is 15.4 Å². The molecule has 0 saturated carbocycles. The highest BCUT2D eigenvalue weighted by molar-refractivity contribution is 7.98. The van der Waals surface area contributed by atoms with Crippen LogP contribution in [-0.2, 0) is 14.4 Å². The number of hydrogen-bond acceptors (Lipinski definition) is 6. The second-order valence-corrected chi connectivity index (χ2v) is 3.29. The highest BCUT2D eigenvalue weighted by Crippen LogP contribution is 2.09. The molecule has 0 fully saturated rings. The molecule has 12 heavy (non-hydrogen) atoms. The van der Waals surface area contributed by atoms with E-state index in [-0.39, 0.29) is 6.42 Å². The van der Waals surface area contributed by atoms with Gasteiger partial charge in [-0.05, 0) is 18.4 Å². The smallest absolute Gasteiger partial charge is 0.352 e. The molecule has 0 heterocycles. The van der Waals surface area contributed by atoms with Crippen LogP contribution in [0.15, 0.2) is 0 Å². The van der Waals surface area contributed by atoms with Gasteiger partial charge in [-0.2, -0.15) is 17.7 Å². The second-order valence-electron chi connectivity index (χ2n) is 2.31. The number of hydrogen-bond donors (Lipinski definition) is 2. The fourth-order valence-electron chi connectivity index (χ4n) is 0.590. The molecule has 1 atom stereocenters. The Bertz CT molecular complexity index is 176. The van der Waals surface area contributed by atoms with Crippen molar-refractivity contribution in [2.75, 3.05) is 12.0 Å². The van der Waals surface area contributed by atoms with Gasteiger partial charge in [0.25, 0.3) is 0 Å². The highest BCUT2D eigenvalue weighted by atomic mass is 32.2. The summed E-state index contributed by atoms with van der Waals surface area (Å²) >= 11 is 1.48. The summed E-state index contributed by atoms with van der Waals surface area (Å²) < 4.78 is 0. The normalized spacial score (nSPS) is 14.9. The summed E-state index contributed by atoms with van der Waals surface area (Å²) in [7, 11) is 0. The van der Waals surface area contributed by atoms with Crippen LogP contribution in [0.4, 0.5) is 0 Å². The van der Waals surface area contributed by atoms with Gasteiger partial charge in [0.15, 0.2) is 11.8 Å². The van der Waals surface area contributed by atoms with Crippen molar-refractivity contribution in [3.63, 3.8) is 0 Å². The second kappa shape index (κ2) is 5.13. The molecule has 4 N–H and O–H groups in total. The van der Waals surface area contributed by atoms with Crippen LogP contribution >= 0.6 is 11.8 Å². The van der Waals surface area contributed by atoms with Gasteiger partial charge >= 0.3 is 5.97 Å². The van der Waals surface area contributed by atoms with Gasteiger partial charge in [-0.1, -0.05) is 0 Å². The van der Waals surface area contributed by atoms with E-state index < -0.39 is 11.5 Å². The summed E-state index contributed by atoms with van der Waals surface area (Å²) in [6.45, 7) is 0. The minimum Gasteiger partial charge on any atom is -0.372 e. The van der Waals surface area contributed by atoms with Crippen molar-refractivity contribution in [1.82, 2.24) is 0 Å². The lowest BCUT2D eigenvalue weighted by Gasteiger charge is -2.17. The lowest BCUT2D eigenvalue weighted by molar-refractivity contribution is -0.152. The van der Waals surface area contributed by atoms with Crippen LogP contribution in [0.5, 0.6) is 0 Å². The Morgan fingerprint density at radius 2 is 2.33 bits per heavy atom. The number of thioether (sulfide) groups is 1. The van der Waals surface area contributed by atoms with E-state index in [4.69, 9.17) is 5.73 Å². The molecule has 5 nitrogen and oxygen atoms in total. The van der Waals surface area contributed by atoms with E-state index in [1.165, 1.54) is 11.8 Å². The van der Waals surface area contributed by atoms with E-state index in [1.54, 1.807) is 0 Å². The van der Waals surface area contributed by atoms with E-state index in [2.05, 4.69) is 10.7 Å². The molecule has 0 aliphatic rings. The highest BCUT2D eigenvalue weighted by Gasteiger charge is 2.34. The zero-order chi connectivity index (χ0) is 9.61. The molecule has 0 saturated heterocycles. The Balaban J connectivity index is 4.23. The van der Waals surface area contributed by atoms with Gasteiger partial charge in [-0.3, -0.25) is 0 Å². The number of carbonyl (C=O) groups is 2. The first-order valence-electron chi connectivity index (χ1n) is 3.26. The number of rotatable bonds is 5. The molecule has 0 aromatic carbocycles. The SMILES string of the molecule is CSCCC(N)(C=O)C(=O)ON. The topological polar surface area (TPSA) is 95.4 Å².